The zero-order valence-corrected chi connectivity index (χ0v) is 16.5. The van der Waals surface area contributed by atoms with Crippen LogP contribution in [0.1, 0.15) is 22.0 Å². The molecule has 0 saturated heterocycles. The molecule has 134 valence electrons. The molecule has 0 aliphatic heterocycles. The maximum Gasteiger partial charge on any atom is 0.238 e. The van der Waals surface area contributed by atoms with Crippen LogP contribution in [-0.2, 0) is 4.79 Å². The van der Waals surface area contributed by atoms with Crippen molar-refractivity contribution in [2.45, 2.75) is 13.0 Å². The highest BCUT2D eigenvalue weighted by Crippen LogP contribution is 2.27. The van der Waals surface area contributed by atoms with Crippen molar-refractivity contribution in [1.82, 2.24) is 5.32 Å². The number of carbonyl (C=O) groups is 1. The van der Waals surface area contributed by atoms with Crippen molar-refractivity contribution in [2.24, 2.45) is 0 Å². The van der Waals surface area contributed by atoms with Crippen LogP contribution < -0.4 is 10.6 Å². The van der Waals surface area contributed by atoms with Gasteiger partial charge < -0.3 is 5.32 Å². The lowest BCUT2D eigenvalue weighted by molar-refractivity contribution is -0.115. The lowest BCUT2D eigenvalue weighted by Gasteiger charge is -2.18. The number of anilines is 1. The van der Waals surface area contributed by atoms with E-state index in [0.717, 1.165) is 10.4 Å². The molecule has 2 aromatic carbocycles. The van der Waals surface area contributed by atoms with Gasteiger partial charge in [0, 0.05) is 9.90 Å². The first-order valence-corrected chi connectivity index (χ1v) is 9.75. The largest absolute Gasteiger partial charge is 0.324 e. The molecule has 3 aromatic rings. The molecule has 0 saturated carbocycles. The molecule has 0 unspecified atom stereocenters. The minimum Gasteiger partial charge on any atom is -0.324 e. The number of carbonyl (C=O) groups excluding carboxylic acids is 1. The molecule has 0 fully saturated rings. The number of benzene rings is 2. The molecular weight excluding hydrogens is 387 g/mol. The number of aryl methyl sites for hydroxylation is 1. The van der Waals surface area contributed by atoms with Crippen molar-refractivity contribution >= 4 is 46.1 Å². The molecule has 3 rings (SSSR count). The lowest BCUT2D eigenvalue weighted by Crippen LogP contribution is -2.31. The summed E-state index contributed by atoms with van der Waals surface area (Å²) in [6.45, 7) is 2.22. The molecule has 1 amide bonds. The van der Waals surface area contributed by atoms with Gasteiger partial charge in [-0.05, 0) is 42.1 Å². The van der Waals surface area contributed by atoms with Crippen LogP contribution in [0, 0.1) is 6.92 Å². The Morgan fingerprint density at radius 1 is 1.12 bits per heavy atom. The van der Waals surface area contributed by atoms with E-state index >= 15 is 0 Å². The van der Waals surface area contributed by atoms with Gasteiger partial charge in [0.15, 0.2) is 0 Å². The first-order valence-electron chi connectivity index (χ1n) is 8.11. The Hall–Kier alpha value is -1.85. The fraction of sp³-hybridized carbons (Fsp3) is 0.150. The minimum absolute atomic E-state index is 0.0398. The molecule has 1 heterocycles. The Kier molecular flexibility index (Phi) is 6.33. The average molecular weight is 405 g/mol. The number of thiophene rings is 1. The third kappa shape index (κ3) is 4.86. The first-order chi connectivity index (χ1) is 12.5. The number of halogens is 2. The van der Waals surface area contributed by atoms with Crippen LogP contribution in [-0.4, -0.2) is 12.5 Å². The van der Waals surface area contributed by atoms with Crippen LogP contribution >= 0.6 is 34.5 Å². The van der Waals surface area contributed by atoms with Gasteiger partial charge in [-0.3, -0.25) is 10.1 Å². The van der Waals surface area contributed by atoms with Gasteiger partial charge in [0.25, 0.3) is 0 Å². The van der Waals surface area contributed by atoms with Gasteiger partial charge in [-0.1, -0.05) is 59.1 Å². The average Bonchev–Trinajstić information content (AvgIpc) is 3.13. The monoisotopic (exact) mass is 404 g/mol. The van der Waals surface area contributed by atoms with E-state index < -0.39 is 0 Å². The zero-order chi connectivity index (χ0) is 18.5. The Balaban J connectivity index is 1.69. The van der Waals surface area contributed by atoms with Gasteiger partial charge in [-0.25, -0.2) is 0 Å². The minimum atomic E-state index is -0.164. The number of hydrogen-bond acceptors (Lipinski definition) is 3. The molecule has 0 spiro atoms. The molecule has 3 nitrogen and oxygen atoms in total. The summed E-state index contributed by atoms with van der Waals surface area (Å²) in [6.07, 6.45) is 0. The van der Waals surface area contributed by atoms with E-state index in [2.05, 4.69) is 47.9 Å². The van der Waals surface area contributed by atoms with Gasteiger partial charge >= 0.3 is 0 Å². The van der Waals surface area contributed by atoms with Crippen LogP contribution in [0.3, 0.4) is 0 Å². The zero-order valence-electron chi connectivity index (χ0n) is 14.1. The Morgan fingerprint density at radius 2 is 1.88 bits per heavy atom. The molecule has 1 aromatic heterocycles. The van der Waals surface area contributed by atoms with Gasteiger partial charge in [-0.15, -0.1) is 11.3 Å². The van der Waals surface area contributed by atoms with E-state index in [-0.39, 0.29) is 18.5 Å². The van der Waals surface area contributed by atoms with Crippen LogP contribution in [0.15, 0.2) is 60.0 Å². The van der Waals surface area contributed by atoms with E-state index in [1.54, 1.807) is 29.5 Å². The van der Waals surface area contributed by atoms with Crippen LogP contribution in [0.25, 0.3) is 0 Å². The lowest BCUT2D eigenvalue weighted by atomic mass is 10.0. The predicted octanol–water partition coefficient (Wildman–Crippen LogP) is 5.68. The van der Waals surface area contributed by atoms with Crippen molar-refractivity contribution < 1.29 is 4.79 Å². The number of nitrogens with one attached hydrogen (secondary N) is 2. The highest BCUT2D eigenvalue weighted by atomic mass is 35.5. The summed E-state index contributed by atoms with van der Waals surface area (Å²) in [7, 11) is 0. The summed E-state index contributed by atoms with van der Waals surface area (Å²) in [5.41, 5.74) is 2.87. The summed E-state index contributed by atoms with van der Waals surface area (Å²) < 4.78 is 0. The van der Waals surface area contributed by atoms with E-state index in [1.165, 1.54) is 5.56 Å². The third-order valence-electron chi connectivity index (χ3n) is 3.91. The summed E-state index contributed by atoms with van der Waals surface area (Å²) in [4.78, 5) is 13.5. The third-order valence-corrected chi connectivity index (χ3v) is 5.40. The summed E-state index contributed by atoms with van der Waals surface area (Å²) in [6, 6.07) is 17.3. The molecule has 2 N–H and O–H groups in total. The second kappa shape index (κ2) is 8.69. The molecule has 0 aliphatic rings. The molecule has 26 heavy (non-hydrogen) atoms. The van der Waals surface area contributed by atoms with Gasteiger partial charge in [0.1, 0.15) is 0 Å². The SMILES string of the molecule is Cc1ccc([C@H](NCC(=O)Nc2ccc(Cl)cc2Cl)c2cccs2)cc1. The van der Waals surface area contributed by atoms with E-state index in [9.17, 15) is 4.79 Å². The van der Waals surface area contributed by atoms with Crippen LogP contribution in [0.4, 0.5) is 5.69 Å². The molecule has 0 radical (unpaired) electrons. The van der Waals surface area contributed by atoms with E-state index in [4.69, 9.17) is 23.2 Å². The van der Waals surface area contributed by atoms with Crippen LogP contribution in [0.2, 0.25) is 10.0 Å². The fourth-order valence-corrected chi connectivity index (χ4v) is 3.86. The highest BCUT2D eigenvalue weighted by Gasteiger charge is 2.16. The number of hydrogen-bond donors (Lipinski definition) is 2. The van der Waals surface area contributed by atoms with E-state index in [0.29, 0.717) is 15.7 Å². The van der Waals surface area contributed by atoms with E-state index in [1.807, 2.05) is 11.4 Å². The smallest absolute Gasteiger partial charge is 0.238 e. The van der Waals surface area contributed by atoms with Gasteiger partial charge in [-0.2, -0.15) is 0 Å². The summed E-state index contributed by atoms with van der Waals surface area (Å²) in [5.74, 6) is -0.164. The summed E-state index contributed by atoms with van der Waals surface area (Å²) >= 11 is 13.7. The van der Waals surface area contributed by atoms with Gasteiger partial charge in [0.2, 0.25) is 5.91 Å². The van der Waals surface area contributed by atoms with Crippen molar-refractivity contribution in [3.63, 3.8) is 0 Å². The predicted molar refractivity (Wildman–Crippen MR) is 110 cm³/mol. The molecule has 0 aliphatic carbocycles. The van der Waals surface area contributed by atoms with Gasteiger partial charge in [0.05, 0.1) is 23.3 Å². The Bertz CT molecular complexity index is 879. The maximum absolute atomic E-state index is 12.3. The molecule has 1 atom stereocenters. The number of amides is 1. The fourth-order valence-electron chi connectivity index (χ4n) is 2.58. The Morgan fingerprint density at radius 3 is 2.54 bits per heavy atom. The molecule has 0 bridgehead atoms. The summed E-state index contributed by atoms with van der Waals surface area (Å²) in [5, 5.41) is 9.13. The van der Waals surface area contributed by atoms with Crippen molar-refractivity contribution in [3.05, 3.63) is 86.0 Å². The molecule has 6 heteroatoms. The second-order valence-electron chi connectivity index (χ2n) is 5.91. The normalized spacial score (nSPS) is 12.0. The quantitative estimate of drug-likeness (QED) is 0.554. The first kappa shape index (κ1) is 18.9. The second-order valence-corrected chi connectivity index (χ2v) is 7.74. The molecular formula is C20H18Cl2N2OS. The standard InChI is InChI=1S/C20H18Cl2N2OS/c1-13-4-6-14(7-5-13)20(18-3-2-10-26-18)23-12-19(25)24-17-9-8-15(21)11-16(17)22/h2-11,20,23H,12H2,1H3,(H,24,25)/t20-/m0/s1. The highest BCUT2D eigenvalue weighted by molar-refractivity contribution is 7.10. The Labute approximate surface area is 167 Å². The van der Waals surface area contributed by atoms with Crippen molar-refractivity contribution in [3.8, 4) is 0 Å². The number of rotatable bonds is 6. The topological polar surface area (TPSA) is 41.1 Å². The maximum atomic E-state index is 12.3. The van der Waals surface area contributed by atoms with Crippen molar-refractivity contribution in [2.75, 3.05) is 11.9 Å². The van der Waals surface area contributed by atoms with Crippen LogP contribution in [0.5, 0.6) is 0 Å². The van der Waals surface area contributed by atoms with Crippen molar-refractivity contribution in [1.29, 1.82) is 0 Å².